The van der Waals surface area contributed by atoms with Crippen molar-refractivity contribution < 1.29 is 0 Å². The van der Waals surface area contributed by atoms with E-state index in [1.807, 2.05) is 11.6 Å². The Bertz CT molecular complexity index is 568. The third-order valence-corrected chi connectivity index (χ3v) is 3.75. The van der Waals surface area contributed by atoms with Crippen molar-refractivity contribution in [2.75, 3.05) is 6.54 Å². The molecule has 2 aromatic rings. The molecule has 1 aliphatic heterocycles. The summed E-state index contributed by atoms with van der Waals surface area (Å²) in [5.41, 5.74) is 2.62. The van der Waals surface area contributed by atoms with E-state index in [9.17, 15) is 0 Å². The van der Waals surface area contributed by atoms with Crippen LogP contribution in [0.2, 0.25) is 0 Å². The molecule has 6 nitrogen and oxygen atoms in total. The van der Waals surface area contributed by atoms with Crippen molar-refractivity contribution in [3.8, 4) is 0 Å². The summed E-state index contributed by atoms with van der Waals surface area (Å²) < 4.78 is 4.36. The van der Waals surface area contributed by atoms with Gasteiger partial charge in [0, 0.05) is 51.6 Å². The Morgan fingerprint density at radius 3 is 3.00 bits per heavy atom. The number of nitrogens with zero attached hydrogens (tertiary/aromatic N) is 5. The fraction of sp³-hybridized carbons (Fsp3) is 0.615. The molecule has 3 heterocycles. The van der Waals surface area contributed by atoms with Crippen LogP contribution in [0, 0.1) is 0 Å². The van der Waals surface area contributed by atoms with Crippen LogP contribution < -0.4 is 5.32 Å². The molecule has 0 radical (unpaired) electrons. The number of hydrogen-bond donors (Lipinski definition) is 1. The van der Waals surface area contributed by atoms with Gasteiger partial charge in [0.2, 0.25) is 0 Å². The van der Waals surface area contributed by atoms with E-state index in [2.05, 4.69) is 27.0 Å². The van der Waals surface area contributed by atoms with Gasteiger partial charge in [-0.05, 0) is 0 Å². The van der Waals surface area contributed by atoms with Crippen molar-refractivity contribution >= 4 is 0 Å². The Morgan fingerprint density at radius 2 is 2.26 bits per heavy atom. The van der Waals surface area contributed by atoms with Gasteiger partial charge in [-0.2, -0.15) is 0 Å². The van der Waals surface area contributed by atoms with Crippen LogP contribution in [0.5, 0.6) is 0 Å². The first-order chi connectivity index (χ1) is 9.29. The van der Waals surface area contributed by atoms with Crippen LogP contribution in [-0.4, -0.2) is 30.9 Å². The summed E-state index contributed by atoms with van der Waals surface area (Å²) in [4.78, 5) is 4.75. The number of hydrogen-bond acceptors (Lipinski definition) is 4. The third kappa shape index (κ3) is 2.28. The number of rotatable bonds is 4. The van der Waals surface area contributed by atoms with Gasteiger partial charge in [0.05, 0.1) is 5.69 Å². The fourth-order valence-corrected chi connectivity index (χ4v) is 2.71. The molecule has 1 N–H and O–H groups in total. The zero-order valence-corrected chi connectivity index (χ0v) is 11.6. The Balaban J connectivity index is 1.83. The molecular formula is C13H20N6. The lowest BCUT2D eigenvalue weighted by Crippen LogP contribution is -2.25. The molecule has 0 atom stereocenters. The van der Waals surface area contributed by atoms with Crippen LogP contribution in [0.15, 0.2) is 6.33 Å². The van der Waals surface area contributed by atoms with E-state index in [1.54, 1.807) is 6.33 Å². The molecule has 0 fully saturated rings. The summed E-state index contributed by atoms with van der Waals surface area (Å²) in [5.74, 6) is 2.22. The lowest BCUT2D eigenvalue weighted by Gasteiger charge is -2.16. The maximum atomic E-state index is 4.75. The number of fused-ring (bicyclic) bond motifs is 1. The van der Waals surface area contributed by atoms with E-state index in [0.717, 1.165) is 44.7 Å². The average molecular weight is 260 g/mol. The molecule has 2 aromatic heterocycles. The molecule has 0 unspecified atom stereocenters. The highest BCUT2D eigenvalue weighted by Gasteiger charge is 2.18. The highest BCUT2D eigenvalue weighted by atomic mass is 15.2. The predicted molar refractivity (Wildman–Crippen MR) is 71.7 cm³/mol. The van der Waals surface area contributed by atoms with Gasteiger partial charge in [-0.15, -0.1) is 10.2 Å². The Morgan fingerprint density at radius 1 is 1.37 bits per heavy atom. The molecule has 3 rings (SSSR count). The van der Waals surface area contributed by atoms with Crippen LogP contribution in [0.25, 0.3) is 0 Å². The minimum atomic E-state index is 0.902. The van der Waals surface area contributed by atoms with Gasteiger partial charge in [-0.1, -0.05) is 6.92 Å². The number of aryl methyl sites for hydroxylation is 3. The van der Waals surface area contributed by atoms with Gasteiger partial charge in [-0.25, -0.2) is 4.98 Å². The van der Waals surface area contributed by atoms with E-state index in [1.165, 1.54) is 17.2 Å². The minimum absolute atomic E-state index is 0.902. The summed E-state index contributed by atoms with van der Waals surface area (Å²) in [6, 6.07) is 0. The normalized spacial score (nSPS) is 14.6. The van der Waals surface area contributed by atoms with Gasteiger partial charge in [0.15, 0.2) is 0 Å². The molecule has 0 spiro atoms. The second kappa shape index (κ2) is 5.13. The van der Waals surface area contributed by atoms with Crippen molar-refractivity contribution in [1.82, 2.24) is 29.6 Å². The molecule has 0 saturated carbocycles. The van der Waals surface area contributed by atoms with E-state index < -0.39 is 0 Å². The Kier molecular flexibility index (Phi) is 3.33. The van der Waals surface area contributed by atoms with Gasteiger partial charge in [-0.3, -0.25) is 0 Å². The summed E-state index contributed by atoms with van der Waals surface area (Å²) in [5, 5.41) is 11.5. The molecular weight excluding hydrogens is 240 g/mol. The summed E-state index contributed by atoms with van der Waals surface area (Å²) in [6.45, 7) is 5.06. The quantitative estimate of drug-likeness (QED) is 0.867. The largest absolute Gasteiger partial charge is 0.331 e. The Hall–Kier alpha value is -1.69. The molecule has 0 saturated heterocycles. The third-order valence-electron chi connectivity index (χ3n) is 3.75. The standard InChI is InChI=1S/C13H20N6/c1-3-12-16-10-8-14-6-4-11(10)19(12)7-5-13-17-15-9-18(13)2/h9,14H,3-8H2,1-2H3. The molecule has 1 aliphatic rings. The summed E-state index contributed by atoms with van der Waals surface area (Å²) in [6.07, 6.45) is 4.70. The topological polar surface area (TPSA) is 60.6 Å². The second-order valence-electron chi connectivity index (χ2n) is 4.96. The van der Waals surface area contributed by atoms with Crippen molar-refractivity contribution in [2.45, 2.75) is 39.3 Å². The first-order valence-corrected chi connectivity index (χ1v) is 6.90. The highest BCUT2D eigenvalue weighted by Crippen LogP contribution is 2.17. The number of nitrogens with one attached hydrogen (secondary N) is 1. The minimum Gasteiger partial charge on any atom is -0.331 e. The van der Waals surface area contributed by atoms with Crippen molar-refractivity contribution in [3.63, 3.8) is 0 Å². The maximum absolute atomic E-state index is 4.75. The SMILES string of the molecule is CCc1nc2c(n1CCc1nncn1C)CCNC2. The molecule has 0 amide bonds. The lowest BCUT2D eigenvalue weighted by atomic mass is 10.2. The van der Waals surface area contributed by atoms with E-state index in [0.29, 0.717) is 0 Å². The van der Waals surface area contributed by atoms with Gasteiger partial charge in [0.1, 0.15) is 18.0 Å². The van der Waals surface area contributed by atoms with Crippen LogP contribution in [0.4, 0.5) is 0 Å². The number of imidazole rings is 1. The average Bonchev–Trinajstić information content (AvgIpc) is 2.99. The van der Waals surface area contributed by atoms with Crippen LogP contribution >= 0.6 is 0 Å². The van der Waals surface area contributed by atoms with E-state index in [-0.39, 0.29) is 0 Å². The van der Waals surface area contributed by atoms with Crippen LogP contribution in [0.1, 0.15) is 30.0 Å². The van der Waals surface area contributed by atoms with Gasteiger partial charge in [0.25, 0.3) is 0 Å². The van der Waals surface area contributed by atoms with E-state index >= 15 is 0 Å². The van der Waals surface area contributed by atoms with Gasteiger partial charge < -0.3 is 14.5 Å². The van der Waals surface area contributed by atoms with Crippen LogP contribution in [0.3, 0.4) is 0 Å². The maximum Gasteiger partial charge on any atom is 0.134 e. The zero-order chi connectivity index (χ0) is 13.2. The molecule has 19 heavy (non-hydrogen) atoms. The molecule has 0 aliphatic carbocycles. The number of aromatic nitrogens is 5. The van der Waals surface area contributed by atoms with Crippen molar-refractivity contribution in [2.24, 2.45) is 7.05 Å². The second-order valence-corrected chi connectivity index (χ2v) is 4.96. The van der Waals surface area contributed by atoms with Crippen molar-refractivity contribution in [1.29, 1.82) is 0 Å². The molecule has 102 valence electrons. The zero-order valence-electron chi connectivity index (χ0n) is 11.6. The monoisotopic (exact) mass is 260 g/mol. The van der Waals surface area contributed by atoms with E-state index in [4.69, 9.17) is 4.98 Å². The first kappa shape index (κ1) is 12.3. The summed E-state index contributed by atoms with van der Waals surface area (Å²) >= 11 is 0. The highest BCUT2D eigenvalue weighted by molar-refractivity contribution is 5.20. The fourth-order valence-electron chi connectivity index (χ4n) is 2.71. The van der Waals surface area contributed by atoms with Crippen molar-refractivity contribution in [3.05, 3.63) is 29.4 Å². The predicted octanol–water partition coefficient (Wildman–Crippen LogP) is 0.462. The smallest absolute Gasteiger partial charge is 0.134 e. The van der Waals surface area contributed by atoms with Crippen LogP contribution in [-0.2, 0) is 39.4 Å². The van der Waals surface area contributed by atoms with Gasteiger partial charge >= 0.3 is 0 Å². The molecule has 0 aromatic carbocycles. The first-order valence-electron chi connectivity index (χ1n) is 6.90. The summed E-state index contributed by atoms with van der Waals surface area (Å²) in [7, 11) is 1.99. The lowest BCUT2D eigenvalue weighted by molar-refractivity contribution is 0.566. The molecule has 6 heteroatoms. The Labute approximate surface area is 112 Å². The molecule has 0 bridgehead atoms.